The molecule has 0 aliphatic carbocycles. The minimum atomic E-state index is -0.298. The minimum Gasteiger partial charge on any atom is -0.393 e. The smallest absolute Gasteiger partial charge is 0.0564 e. The number of aliphatic hydroxyl groups excluding tert-OH is 2. The zero-order valence-corrected chi connectivity index (χ0v) is 10.4. The van der Waals surface area contributed by atoms with Gasteiger partial charge in [0, 0.05) is 0 Å². The molecule has 2 N–H and O–H groups in total. The van der Waals surface area contributed by atoms with Gasteiger partial charge in [0.2, 0.25) is 0 Å². The van der Waals surface area contributed by atoms with E-state index in [0.29, 0.717) is 6.42 Å². The Morgan fingerprint density at radius 3 is 1.47 bits per heavy atom. The summed E-state index contributed by atoms with van der Waals surface area (Å²) in [7, 11) is 0. The summed E-state index contributed by atoms with van der Waals surface area (Å²) in [4.78, 5) is 0. The maximum Gasteiger partial charge on any atom is 0.0564 e. The molecule has 0 heterocycles. The van der Waals surface area contributed by atoms with Crippen molar-refractivity contribution in [2.75, 3.05) is 0 Å². The van der Waals surface area contributed by atoms with Crippen molar-refractivity contribution in [3.63, 3.8) is 0 Å². The summed E-state index contributed by atoms with van der Waals surface area (Å²) in [5.41, 5.74) is 0. The van der Waals surface area contributed by atoms with E-state index in [1.54, 1.807) is 0 Å². The highest BCUT2D eigenvalue weighted by Crippen LogP contribution is 2.12. The Bertz CT molecular complexity index is 112. The molecule has 0 bridgehead atoms. The molecule has 0 aromatic rings. The maximum absolute atomic E-state index is 9.64. The molecule has 2 nitrogen and oxygen atoms in total. The van der Waals surface area contributed by atoms with Crippen molar-refractivity contribution < 1.29 is 10.2 Å². The summed E-state index contributed by atoms with van der Waals surface area (Å²) in [5, 5.41) is 19.3. The van der Waals surface area contributed by atoms with Crippen LogP contribution in [-0.4, -0.2) is 22.4 Å². The quantitative estimate of drug-likeness (QED) is 0.550. The van der Waals surface area contributed by atoms with E-state index in [-0.39, 0.29) is 12.2 Å². The van der Waals surface area contributed by atoms with E-state index in [9.17, 15) is 10.2 Å². The zero-order valence-electron chi connectivity index (χ0n) is 10.4. The lowest BCUT2D eigenvalue weighted by Gasteiger charge is -2.15. The van der Waals surface area contributed by atoms with Crippen LogP contribution < -0.4 is 0 Å². The Labute approximate surface area is 94.7 Å². The van der Waals surface area contributed by atoms with Crippen LogP contribution in [0.1, 0.15) is 71.6 Å². The van der Waals surface area contributed by atoms with Crippen LogP contribution in [0.3, 0.4) is 0 Å². The molecule has 2 atom stereocenters. The molecule has 92 valence electrons. The van der Waals surface area contributed by atoms with Crippen molar-refractivity contribution in [3.8, 4) is 0 Å². The first kappa shape index (κ1) is 14.9. The van der Waals surface area contributed by atoms with Gasteiger partial charge in [-0.2, -0.15) is 0 Å². The van der Waals surface area contributed by atoms with E-state index in [1.165, 1.54) is 25.7 Å². The molecular weight excluding hydrogens is 188 g/mol. The summed E-state index contributed by atoms with van der Waals surface area (Å²) >= 11 is 0. The molecule has 0 spiro atoms. The second-order valence-electron chi connectivity index (χ2n) is 4.53. The minimum absolute atomic E-state index is 0.298. The van der Waals surface area contributed by atoms with Gasteiger partial charge in [0.1, 0.15) is 0 Å². The normalized spacial score (nSPS) is 15.2. The van der Waals surface area contributed by atoms with E-state index in [4.69, 9.17) is 0 Å². The van der Waals surface area contributed by atoms with E-state index in [0.717, 1.165) is 25.7 Å². The van der Waals surface area contributed by atoms with Crippen molar-refractivity contribution in [2.24, 2.45) is 0 Å². The maximum atomic E-state index is 9.64. The molecule has 0 aliphatic heterocycles. The Morgan fingerprint density at radius 1 is 0.733 bits per heavy atom. The molecule has 15 heavy (non-hydrogen) atoms. The van der Waals surface area contributed by atoms with Gasteiger partial charge in [-0.1, -0.05) is 52.4 Å². The second-order valence-corrected chi connectivity index (χ2v) is 4.53. The fourth-order valence-electron chi connectivity index (χ4n) is 1.81. The van der Waals surface area contributed by atoms with E-state index >= 15 is 0 Å². The van der Waals surface area contributed by atoms with E-state index in [1.807, 2.05) is 0 Å². The van der Waals surface area contributed by atoms with Crippen molar-refractivity contribution in [1.29, 1.82) is 0 Å². The number of aliphatic hydroxyl groups is 2. The molecule has 0 radical (unpaired) electrons. The molecule has 2 heteroatoms. The van der Waals surface area contributed by atoms with Crippen LogP contribution in [0.2, 0.25) is 0 Å². The molecule has 0 saturated carbocycles. The zero-order chi connectivity index (χ0) is 11.5. The van der Waals surface area contributed by atoms with E-state index in [2.05, 4.69) is 13.8 Å². The van der Waals surface area contributed by atoms with Gasteiger partial charge in [-0.05, 0) is 19.3 Å². The van der Waals surface area contributed by atoms with Gasteiger partial charge in [0.15, 0.2) is 0 Å². The molecule has 0 rings (SSSR count). The first-order valence-electron chi connectivity index (χ1n) is 6.56. The highest BCUT2D eigenvalue weighted by Gasteiger charge is 2.10. The fourth-order valence-corrected chi connectivity index (χ4v) is 1.81. The highest BCUT2D eigenvalue weighted by molar-refractivity contribution is 4.64. The molecule has 0 aromatic carbocycles. The number of rotatable bonds is 10. The molecule has 2 unspecified atom stereocenters. The fraction of sp³-hybridized carbons (Fsp3) is 1.00. The van der Waals surface area contributed by atoms with Crippen LogP contribution in [-0.2, 0) is 0 Å². The molecule has 0 saturated heterocycles. The Kier molecular flexibility index (Phi) is 10.4. The summed E-state index contributed by atoms with van der Waals surface area (Å²) in [5.74, 6) is 0. The highest BCUT2D eigenvalue weighted by atomic mass is 16.3. The molecule has 0 aliphatic rings. The molecule has 0 aromatic heterocycles. The van der Waals surface area contributed by atoms with Crippen molar-refractivity contribution in [3.05, 3.63) is 0 Å². The largest absolute Gasteiger partial charge is 0.393 e. The molecule has 0 fully saturated rings. The second kappa shape index (κ2) is 10.4. The molecule has 0 amide bonds. The summed E-state index contributed by atoms with van der Waals surface area (Å²) in [6, 6.07) is 0. The van der Waals surface area contributed by atoms with Gasteiger partial charge in [-0.3, -0.25) is 0 Å². The lowest BCUT2D eigenvalue weighted by Crippen LogP contribution is -2.17. The summed E-state index contributed by atoms with van der Waals surface area (Å²) in [6.07, 6.45) is 8.56. The lowest BCUT2D eigenvalue weighted by atomic mass is 10.0. The third-order valence-electron chi connectivity index (χ3n) is 2.83. The topological polar surface area (TPSA) is 40.5 Å². The Hall–Kier alpha value is -0.0800. The van der Waals surface area contributed by atoms with Crippen molar-refractivity contribution in [1.82, 2.24) is 0 Å². The SMILES string of the molecule is CCCCCC(O)CC(O)CCCCC. The van der Waals surface area contributed by atoms with Gasteiger partial charge >= 0.3 is 0 Å². The van der Waals surface area contributed by atoms with Crippen LogP contribution in [0, 0.1) is 0 Å². The molecular formula is C13H28O2. The average molecular weight is 216 g/mol. The average Bonchev–Trinajstić information content (AvgIpc) is 2.18. The number of hydrogen-bond acceptors (Lipinski definition) is 2. The third-order valence-corrected chi connectivity index (χ3v) is 2.83. The summed E-state index contributed by atoms with van der Waals surface area (Å²) < 4.78 is 0. The van der Waals surface area contributed by atoms with Crippen LogP contribution in [0.5, 0.6) is 0 Å². The van der Waals surface area contributed by atoms with Gasteiger partial charge < -0.3 is 10.2 Å². The van der Waals surface area contributed by atoms with Gasteiger partial charge in [-0.15, -0.1) is 0 Å². The van der Waals surface area contributed by atoms with Gasteiger partial charge in [0.25, 0.3) is 0 Å². The predicted molar refractivity (Wildman–Crippen MR) is 64.9 cm³/mol. The number of unbranched alkanes of at least 4 members (excludes halogenated alkanes) is 4. The first-order valence-corrected chi connectivity index (χ1v) is 6.56. The van der Waals surface area contributed by atoms with Crippen LogP contribution >= 0.6 is 0 Å². The van der Waals surface area contributed by atoms with Crippen molar-refractivity contribution >= 4 is 0 Å². The van der Waals surface area contributed by atoms with Crippen LogP contribution in [0.15, 0.2) is 0 Å². The van der Waals surface area contributed by atoms with Crippen LogP contribution in [0.25, 0.3) is 0 Å². The van der Waals surface area contributed by atoms with Gasteiger partial charge in [0.05, 0.1) is 12.2 Å². The van der Waals surface area contributed by atoms with Crippen LogP contribution in [0.4, 0.5) is 0 Å². The Balaban J connectivity index is 3.35. The summed E-state index contributed by atoms with van der Waals surface area (Å²) in [6.45, 7) is 4.32. The first-order chi connectivity index (χ1) is 7.20. The predicted octanol–water partition coefficient (Wildman–Crippen LogP) is 3.26. The third kappa shape index (κ3) is 10.2. The lowest BCUT2D eigenvalue weighted by molar-refractivity contribution is 0.0682. The standard InChI is InChI=1S/C13H28O2/c1-3-5-7-9-12(14)11-13(15)10-8-6-4-2/h12-15H,3-11H2,1-2H3. The Morgan fingerprint density at radius 2 is 1.13 bits per heavy atom. The van der Waals surface area contributed by atoms with Gasteiger partial charge in [-0.25, -0.2) is 0 Å². The number of hydrogen-bond donors (Lipinski definition) is 2. The monoisotopic (exact) mass is 216 g/mol. The van der Waals surface area contributed by atoms with E-state index < -0.39 is 0 Å². The van der Waals surface area contributed by atoms with Crippen molar-refractivity contribution in [2.45, 2.75) is 83.8 Å².